The molecule has 18 heavy (non-hydrogen) atoms. The molecule has 4 rings (SSSR count). The molecule has 5 atom stereocenters. The Morgan fingerprint density at radius 1 is 1.22 bits per heavy atom. The number of ketones is 1. The van der Waals surface area contributed by atoms with Crippen molar-refractivity contribution in [2.45, 2.75) is 57.4 Å². The second-order valence-electron chi connectivity index (χ2n) is 7.40. The maximum absolute atomic E-state index is 12.5. The maximum atomic E-state index is 12.5. The summed E-state index contributed by atoms with van der Waals surface area (Å²) in [5.74, 6) is 3.43. The van der Waals surface area contributed by atoms with Crippen LogP contribution in [-0.4, -0.2) is 29.3 Å². The molecule has 1 spiro atoms. The van der Waals surface area contributed by atoms with E-state index in [1.165, 1.54) is 51.6 Å². The van der Waals surface area contributed by atoms with Gasteiger partial charge in [-0.05, 0) is 69.4 Å². The van der Waals surface area contributed by atoms with E-state index in [9.17, 15) is 4.79 Å². The normalized spacial score (nSPS) is 51.9. The van der Waals surface area contributed by atoms with Gasteiger partial charge in [0.05, 0.1) is 0 Å². The zero-order valence-electron chi connectivity index (χ0n) is 11.5. The van der Waals surface area contributed by atoms with E-state index in [0.717, 1.165) is 24.2 Å². The molecule has 0 aromatic rings. The minimum absolute atomic E-state index is 0.314. The van der Waals surface area contributed by atoms with Crippen LogP contribution in [0.2, 0.25) is 0 Å². The Balaban J connectivity index is 1.82. The molecule has 100 valence electrons. The SMILES string of the molecule is C[C@@H]1CC2CC(=O)C3CCCN4CCCC2[C@]34C1. The fraction of sp³-hybridized carbons (Fsp3) is 0.938. The van der Waals surface area contributed by atoms with Gasteiger partial charge in [0.1, 0.15) is 5.78 Å². The highest BCUT2D eigenvalue weighted by atomic mass is 16.1. The van der Waals surface area contributed by atoms with Gasteiger partial charge in [0.25, 0.3) is 0 Å². The van der Waals surface area contributed by atoms with Gasteiger partial charge in [-0.25, -0.2) is 0 Å². The second kappa shape index (κ2) is 3.82. The summed E-state index contributed by atoms with van der Waals surface area (Å²) >= 11 is 0. The van der Waals surface area contributed by atoms with Crippen molar-refractivity contribution < 1.29 is 4.79 Å². The van der Waals surface area contributed by atoms with Crippen LogP contribution in [0, 0.1) is 23.7 Å². The first-order chi connectivity index (χ1) is 8.72. The van der Waals surface area contributed by atoms with E-state index in [4.69, 9.17) is 0 Å². The second-order valence-corrected chi connectivity index (χ2v) is 7.40. The number of carbonyl (C=O) groups is 1. The first kappa shape index (κ1) is 11.5. The van der Waals surface area contributed by atoms with Crippen LogP contribution < -0.4 is 0 Å². The van der Waals surface area contributed by atoms with Gasteiger partial charge in [0.2, 0.25) is 0 Å². The minimum atomic E-state index is 0.314. The molecule has 4 fully saturated rings. The lowest BCUT2D eigenvalue weighted by Crippen LogP contribution is -2.71. The van der Waals surface area contributed by atoms with Gasteiger partial charge < -0.3 is 0 Å². The minimum Gasteiger partial charge on any atom is -0.299 e. The molecule has 2 saturated carbocycles. The van der Waals surface area contributed by atoms with Crippen molar-refractivity contribution in [3.8, 4) is 0 Å². The summed E-state index contributed by atoms with van der Waals surface area (Å²) in [6, 6.07) is 0. The van der Waals surface area contributed by atoms with Gasteiger partial charge in [-0.1, -0.05) is 6.92 Å². The fourth-order valence-corrected chi connectivity index (χ4v) is 6.18. The Bertz CT molecular complexity index is 377. The molecule has 2 bridgehead atoms. The van der Waals surface area contributed by atoms with Crippen LogP contribution in [0.3, 0.4) is 0 Å². The third-order valence-corrected chi connectivity index (χ3v) is 6.50. The lowest BCUT2D eigenvalue weighted by molar-refractivity contribution is -0.172. The molecule has 0 aromatic heterocycles. The Morgan fingerprint density at radius 3 is 2.83 bits per heavy atom. The van der Waals surface area contributed by atoms with Gasteiger partial charge >= 0.3 is 0 Å². The lowest BCUT2D eigenvalue weighted by Gasteiger charge is -2.65. The van der Waals surface area contributed by atoms with Crippen molar-refractivity contribution in [3.63, 3.8) is 0 Å². The van der Waals surface area contributed by atoms with Crippen molar-refractivity contribution in [1.29, 1.82) is 0 Å². The molecule has 3 unspecified atom stereocenters. The highest BCUT2D eigenvalue weighted by Crippen LogP contribution is 2.59. The average molecular weight is 247 g/mol. The molecule has 4 aliphatic rings. The van der Waals surface area contributed by atoms with Crippen molar-refractivity contribution >= 4 is 5.78 Å². The molecule has 0 N–H and O–H groups in total. The molecule has 0 amide bonds. The molecule has 2 saturated heterocycles. The van der Waals surface area contributed by atoms with Crippen molar-refractivity contribution in [1.82, 2.24) is 4.90 Å². The van der Waals surface area contributed by atoms with Crippen LogP contribution in [0.4, 0.5) is 0 Å². The Kier molecular flexibility index (Phi) is 2.43. The van der Waals surface area contributed by atoms with Crippen LogP contribution in [0.5, 0.6) is 0 Å². The van der Waals surface area contributed by atoms with Gasteiger partial charge in [0.15, 0.2) is 0 Å². The summed E-state index contributed by atoms with van der Waals surface area (Å²) in [7, 11) is 0. The van der Waals surface area contributed by atoms with E-state index in [2.05, 4.69) is 11.8 Å². The maximum Gasteiger partial charge on any atom is 0.138 e. The molecule has 2 aliphatic heterocycles. The van der Waals surface area contributed by atoms with Crippen LogP contribution in [0.15, 0.2) is 0 Å². The summed E-state index contributed by atoms with van der Waals surface area (Å²) < 4.78 is 0. The number of Topliss-reactive ketones (excluding diaryl/α,β-unsaturated/α-hetero) is 1. The third kappa shape index (κ3) is 1.31. The number of hydrogen-bond acceptors (Lipinski definition) is 2. The Hall–Kier alpha value is -0.370. The van der Waals surface area contributed by atoms with Crippen LogP contribution in [0.1, 0.15) is 51.9 Å². The lowest BCUT2D eigenvalue weighted by atomic mass is 9.48. The van der Waals surface area contributed by atoms with Crippen molar-refractivity contribution in [3.05, 3.63) is 0 Å². The van der Waals surface area contributed by atoms with Crippen LogP contribution in [0.25, 0.3) is 0 Å². The summed E-state index contributed by atoms with van der Waals surface area (Å²) in [5, 5.41) is 0. The number of piperidine rings is 2. The first-order valence-electron chi connectivity index (χ1n) is 7.99. The van der Waals surface area contributed by atoms with E-state index in [0.29, 0.717) is 17.2 Å². The summed E-state index contributed by atoms with van der Waals surface area (Å²) in [4.78, 5) is 15.3. The van der Waals surface area contributed by atoms with Gasteiger partial charge in [-0.2, -0.15) is 0 Å². The van der Waals surface area contributed by atoms with Crippen molar-refractivity contribution in [2.24, 2.45) is 23.7 Å². The molecule has 2 aliphatic carbocycles. The summed E-state index contributed by atoms with van der Waals surface area (Å²) in [5.41, 5.74) is 0.314. The first-order valence-corrected chi connectivity index (χ1v) is 7.99. The van der Waals surface area contributed by atoms with E-state index >= 15 is 0 Å². The van der Waals surface area contributed by atoms with Crippen LogP contribution >= 0.6 is 0 Å². The predicted octanol–water partition coefficient (Wildman–Crippen LogP) is 2.87. The molecule has 2 heterocycles. The van der Waals surface area contributed by atoms with E-state index in [1.807, 2.05) is 0 Å². The Labute approximate surface area is 110 Å². The summed E-state index contributed by atoms with van der Waals surface area (Å²) in [6.07, 6.45) is 8.75. The molecular weight excluding hydrogens is 222 g/mol. The smallest absolute Gasteiger partial charge is 0.138 e. The van der Waals surface area contributed by atoms with Crippen molar-refractivity contribution in [2.75, 3.05) is 13.1 Å². The highest BCUT2D eigenvalue weighted by molar-refractivity contribution is 5.84. The van der Waals surface area contributed by atoms with E-state index in [-0.39, 0.29) is 0 Å². The Morgan fingerprint density at radius 2 is 2.00 bits per heavy atom. The standard InChI is InChI=1S/C16H25NO/c1-11-8-12-9-15(18)14-5-3-7-17-6-2-4-13(12)16(14,17)10-11/h11-14H,2-10H2,1H3/t11-,12?,13?,14?,16-/m1/s1. The largest absolute Gasteiger partial charge is 0.299 e. The van der Waals surface area contributed by atoms with E-state index < -0.39 is 0 Å². The molecular formula is C16H25NO. The van der Waals surface area contributed by atoms with Crippen LogP contribution in [-0.2, 0) is 4.79 Å². The van der Waals surface area contributed by atoms with E-state index in [1.54, 1.807) is 0 Å². The highest BCUT2D eigenvalue weighted by Gasteiger charge is 2.62. The molecule has 2 nitrogen and oxygen atoms in total. The average Bonchev–Trinajstić information content (AvgIpc) is 2.33. The quantitative estimate of drug-likeness (QED) is 0.656. The third-order valence-electron chi connectivity index (χ3n) is 6.50. The number of carbonyl (C=O) groups excluding carboxylic acids is 1. The molecule has 0 radical (unpaired) electrons. The summed E-state index contributed by atoms with van der Waals surface area (Å²) in [6.45, 7) is 4.95. The zero-order valence-corrected chi connectivity index (χ0v) is 11.5. The monoisotopic (exact) mass is 247 g/mol. The predicted molar refractivity (Wildman–Crippen MR) is 71.3 cm³/mol. The molecule has 2 heteroatoms. The van der Waals surface area contributed by atoms with Gasteiger partial charge in [0, 0.05) is 17.9 Å². The number of nitrogens with zero attached hydrogens (tertiary/aromatic N) is 1. The number of hydrogen-bond donors (Lipinski definition) is 0. The topological polar surface area (TPSA) is 20.3 Å². The van der Waals surface area contributed by atoms with Gasteiger partial charge in [-0.3, -0.25) is 9.69 Å². The van der Waals surface area contributed by atoms with Gasteiger partial charge in [-0.15, -0.1) is 0 Å². The fourth-order valence-electron chi connectivity index (χ4n) is 6.18. The zero-order chi connectivity index (χ0) is 12.3. The molecule has 0 aromatic carbocycles. The number of rotatable bonds is 0.